The largest absolute Gasteiger partial charge is 0.508 e. The molecule has 1 fully saturated rings. The summed E-state index contributed by atoms with van der Waals surface area (Å²) >= 11 is 0. The Kier molecular flexibility index (Phi) is 7.23. The molecular formula is C25H27F2NO3. The molecule has 1 amide bonds. The summed E-state index contributed by atoms with van der Waals surface area (Å²) in [6.45, 7) is 3.47. The Bertz CT molecular complexity index is 967. The standard InChI is InChI=1S/C25H27F2NO3/c1-3-19(26)9-4-16(2)28-24(18-7-12-21(29)13-8-18)22(25(28)31)14-15-23(30)17-5-10-20(27)11-6-17/h4-13,22-24,29-30H,3,14-15H2,1-2H3. The van der Waals surface area contributed by atoms with Crippen LogP contribution in [0.5, 0.6) is 5.75 Å². The first-order valence-electron chi connectivity index (χ1n) is 10.4. The van der Waals surface area contributed by atoms with Crippen LogP contribution >= 0.6 is 0 Å². The van der Waals surface area contributed by atoms with Crippen LogP contribution < -0.4 is 0 Å². The van der Waals surface area contributed by atoms with E-state index < -0.39 is 6.10 Å². The minimum Gasteiger partial charge on any atom is -0.508 e. The Labute approximate surface area is 181 Å². The molecule has 6 heteroatoms. The zero-order valence-corrected chi connectivity index (χ0v) is 17.6. The number of nitrogens with zero attached hydrogens (tertiary/aromatic N) is 1. The van der Waals surface area contributed by atoms with Gasteiger partial charge >= 0.3 is 0 Å². The number of hydrogen-bond donors (Lipinski definition) is 2. The van der Waals surface area contributed by atoms with Crippen LogP contribution in [-0.2, 0) is 4.79 Å². The van der Waals surface area contributed by atoms with Crippen molar-refractivity contribution in [2.45, 2.75) is 45.3 Å². The molecule has 1 aliphatic heterocycles. The van der Waals surface area contributed by atoms with E-state index in [1.807, 2.05) is 0 Å². The van der Waals surface area contributed by atoms with Crippen molar-refractivity contribution in [3.8, 4) is 5.75 Å². The van der Waals surface area contributed by atoms with E-state index in [4.69, 9.17) is 0 Å². The van der Waals surface area contributed by atoms with E-state index in [1.54, 1.807) is 49.1 Å². The van der Waals surface area contributed by atoms with Gasteiger partial charge in [-0.2, -0.15) is 0 Å². The number of aliphatic hydroxyl groups excluding tert-OH is 1. The van der Waals surface area contributed by atoms with Crippen LogP contribution in [0.15, 0.2) is 72.2 Å². The van der Waals surface area contributed by atoms with Crippen molar-refractivity contribution >= 4 is 5.91 Å². The van der Waals surface area contributed by atoms with Crippen LogP contribution in [0, 0.1) is 11.7 Å². The first-order chi connectivity index (χ1) is 14.8. The first kappa shape index (κ1) is 22.7. The van der Waals surface area contributed by atoms with Crippen molar-refractivity contribution in [2.75, 3.05) is 0 Å². The second-order valence-corrected chi connectivity index (χ2v) is 7.77. The lowest BCUT2D eigenvalue weighted by molar-refractivity contribution is -0.153. The molecule has 1 heterocycles. The number of carbonyl (C=O) groups excluding carboxylic acids is 1. The molecule has 0 bridgehead atoms. The van der Waals surface area contributed by atoms with Gasteiger partial charge in [0.15, 0.2) is 0 Å². The number of phenolic OH excluding ortho intramolecular Hbond substituents is 1. The summed E-state index contributed by atoms with van der Waals surface area (Å²) in [6.07, 6.45) is 3.21. The van der Waals surface area contributed by atoms with Gasteiger partial charge in [0.2, 0.25) is 5.91 Å². The Balaban J connectivity index is 1.79. The topological polar surface area (TPSA) is 60.8 Å². The van der Waals surface area contributed by atoms with Gasteiger partial charge in [0, 0.05) is 5.70 Å². The van der Waals surface area contributed by atoms with Gasteiger partial charge in [-0.3, -0.25) is 4.79 Å². The average Bonchev–Trinajstić information content (AvgIpc) is 2.76. The van der Waals surface area contributed by atoms with Gasteiger partial charge in [-0.25, -0.2) is 8.78 Å². The second-order valence-electron chi connectivity index (χ2n) is 7.77. The van der Waals surface area contributed by atoms with E-state index >= 15 is 0 Å². The molecule has 1 aliphatic rings. The minimum atomic E-state index is -0.804. The second kappa shape index (κ2) is 9.88. The number of aromatic hydroxyl groups is 1. The SMILES string of the molecule is CCC(F)=CC=C(C)N1C(=O)C(CCC(O)c2ccc(F)cc2)C1c1ccc(O)cc1. The molecule has 4 nitrogen and oxygen atoms in total. The molecule has 0 aliphatic carbocycles. The van der Waals surface area contributed by atoms with Crippen molar-refractivity contribution in [3.05, 3.63) is 89.2 Å². The van der Waals surface area contributed by atoms with Gasteiger partial charge in [-0.1, -0.05) is 31.2 Å². The lowest BCUT2D eigenvalue weighted by Gasteiger charge is -2.48. The molecule has 31 heavy (non-hydrogen) atoms. The summed E-state index contributed by atoms with van der Waals surface area (Å²) in [5.74, 6) is -0.965. The van der Waals surface area contributed by atoms with E-state index in [0.717, 1.165) is 5.56 Å². The number of benzene rings is 2. The van der Waals surface area contributed by atoms with Crippen molar-refractivity contribution in [3.63, 3.8) is 0 Å². The number of β-lactam (4-membered cyclic amide) rings is 1. The highest BCUT2D eigenvalue weighted by Gasteiger charge is 2.48. The fraction of sp³-hybridized carbons (Fsp3) is 0.320. The van der Waals surface area contributed by atoms with E-state index in [0.29, 0.717) is 24.1 Å². The molecule has 0 spiro atoms. The van der Waals surface area contributed by atoms with Gasteiger partial charge in [0.1, 0.15) is 11.6 Å². The lowest BCUT2D eigenvalue weighted by atomic mass is 9.78. The number of aliphatic hydroxyl groups is 1. The predicted octanol–water partition coefficient (Wildman–Crippen LogP) is 5.71. The lowest BCUT2D eigenvalue weighted by Crippen LogP contribution is -2.53. The fourth-order valence-electron chi connectivity index (χ4n) is 3.87. The smallest absolute Gasteiger partial charge is 0.232 e. The summed E-state index contributed by atoms with van der Waals surface area (Å²) in [7, 11) is 0. The number of amides is 1. The van der Waals surface area contributed by atoms with Gasteiger partial charge in [0.05, 0.1) is 23.9 Å². The van der Waals surface area contributed by atoms with E-state index in [2.05, 4.69) is 0 Å². The monoisotopic (exact) mass is 427 g/mol. The Hall–Kier alpha value is -2.99. The molecule has 2 aromatic rings. The van der Waals surface area contributed by atoms with E-state index in [-0.39, 0.29) is 41.7 Å². The predicted molar refractivity (Wildman–Crippen MR) is 115 cm³/mol. The summed E-state index contributed by atoms with van der Waals surface area (Å²) in [6, 6.07) is 12.0. The van der Waals surface area contributed by atoms with Crippen molar-refractivity contribution < 1.29 is 23.8 Å². The molecule has 2 aromatic carbocycles. The third-order valence-electron chi connectivity index (χ3n) is 5.68. The fourth-order valence-corrected chi connectivity index (χ4v) is 3.87. The minimum absolute atomic E-state index is 0.0940. The van der Waals surface area contributed by atoms with Gasteiger partial charge < -0.3 is 15.1 Å². The van der Waals surface area contributed by atoms with Crippen molar-refractivity contribution in [1.29, 1.82) is 0 Å². The maximum Gasteiger partial charge on any atom is 0.232 e. The molecule has 164 valence electrons. The highest BCUT2D eigenvalue weighted by atomic mass is 19.1. The summed E-state index contributed by atoms with van der Waals surface area (Å²) < 4.78 is 26.7. The number of likely N-dealkylation sites (tertiary alicyclic amines) is 1. The van der Waals surface area contributed by atoms with Crippen LogP contribution in [0.4, 0.5) is 8.78 Å². The molecular weight excluding hydrogens is 400 g/mol. The highest BCUT2D eigenvalue weighted by Crippen LogP contribution is 2.46. The summed E-state index contributed by atoms with van der Waals surface area (Å²) in [4.78, 5) is 14.6. The van der Waals surface area contributed by atoms with Crippen LogP contribution in [0.1, 0.15) is 56.4 Å². The zero-order valence-electron chi connectivity index (χ0n) is 17.6. The van der Waals surface area contributed by atoms with Crippen molar-refractivity contribution in [2.24, 2.45) is 5.92 Å². The first-order valence-corrected chi connectivity index (χ1v) is 10.4. The molecule has 3 unspecified atom stereocenters. The Morgan fingerprint density at radius 2 is 1.77 bits per heavy atom. The van der Waals surface area contributed by atoms with Crippen LogP contribution in [0.3, 0.4) is 0 Å². The average molecular weight is 427 g/mol. The number of allylic oxidation sites excluding steroid dienone is 4. The molecule has 2 N–H and O–H groups in total. The molecule has 0 radical (unpaired) electrons. The Morgan fingerprint density at radius 3 is 2.39 bits per heavy atom. The maximum absolute atomic E-state index is 13.5. The third kappa shape index (κ3) is 5.20. The van der Waals surface area contributed by atoms with Crippen molar-refractivity contribution in [1.82, 2.24) is 4.90 Å². The number of phenols is 1. The summed E-state index contributed by atoms with van der Waals surface area (Å²) in [5, 5.41) is 20.1. The number of hydrogen-bond acceptors (Lipinski definition) is 3. The zero-order chi connectivity index (χ0) is 22.5. The summed E-state index contributed by atoms with van der Waals surface area (Å²) in [5.41, 5.74) is 2.08. The molecule has 3 rings (SSSR count). The number of halogens is 2. The molecule has 3 atom stereocenters. The maximum atomic E-state index is 13.5. The quantitative estimate of drug-likeness (QED) is 0.419. The third-order valence-corrected chi connectivity index (χ3v) is 5.68. The number of rotatable bonds is 8. The van der Waals surface area contributed by atoms with Gasteiger partial charge in [-0.15, -0.1) is 0 Å². The number of carbonyl (C=O) groups is 1. The van der Waals surface area contributed by atoms with Gasteiger partial charge in [-0.05, 0) is 73.7 Å². The Morgan fingerprint density at radius 1 is 1.13 bits per heavy atom. The van der Waals surface area contributed by atoms with E-state index in [9.17, 15) is 23.8 Å². The molecule has 1 saturated heterocycles. The highest BCUT2D eigenvalue weighted by molar-refractivity contribution is 5.88. The van der Waals surface area contributed by atoms with Crippen LogP contribution in [0.2, 0.25) is 0 Å². The molecule has 0 aromatic heterocycles. The van der Waals surface area contributed by atoms with E-state index in [1.165, 1.54) is 30.3 Å². The van der Waals surface area contributed by atoms with Crippen LogP contribution in [-0.4, -0.2) is 21.0 Å². The normalized spacial score (nSPS) is 20.5. The van der Waals surface area contributed by atoms with Crippen LogP contribution in [0.25, 0.3) is 0 Å². The molecule has 0 saturated carbocycles. The van der Waals surface area contributed by atoms with Gasteiger partial charge in [0.25, 0.3) is 0 Å².